The molecule has 0 unspecified atom stereocenters. The lowest BCUT2D eigenvalue weighted by atomic mass is 9.86. The first-order valence-corrected chi connectivity index (χ1v) is 5.79. The number of hydrogen-bond acceptors (Lipinski definition) is 3. The Morgan fingerprint density at radius 1 is 1.06 bits per heavy atom. The zero-order chi connectivity index (χ0) is 12.9. The molecule has 0 aliphatic heterocycles. The van der Waals surface area contributed by atoms with E-state index in [1.54, 1.807) is 14.2 Å². The van der Waals surface area contributed by atoms with E-state index in [9.17, 15) is 0 Å². The molecular formula is C14H22O3. The van der Waals surface area contributed by atoms with E-state index in [2.05, 4.69) is 26.8 Å². The maximum Gasteiger partial charge on any atom is 0.126 e. The quantitative estimate of drug-likeness (QED) is 0.738. The summed E-state index contributed by atoms with van der Waals surface area (Å²) < 4.78 is 15.9. The topological polar surface area (TPSA) is 27.7 Å². The minimum absolute atomic E-state index is 0.0503. The summed E-state index contributed by atoms with van der Waals surface area (Å²) in [5.74, 6) is 1.68. The summed E-state index contributed by atoms with van der Waals surface area (Å²) in [7, 11) is 3.32. The van der Waals surface area contributed by atoms with Crippen LogP contribution < -0.4 is 9.47 Å². The molecule has 0 aromatic heterocycles. The third-order valence-electron chi connectivity index (χ3n) is 2.54. The van der Waals surface area contributed by atoms with Gasteiger partial charge in [0.05, 0.1) is 13.7 Å². The number of methoxy groups -OCH3 is 2. The van der Waals surface area contributed by atoms with Crippen molar-refractivity contribution in [3.05, 3.63) is 23.8 Å². The van der Waals surface area contributed by atoms with Gasteiger partial charge in [0.1, 0.15) is 18.1 Å². The summed E-state index contributed by atoms with van der Waals surface area (Å²) in [5, 5.41) is 0. The second-order valence-electron chi connectivity index (χ2n) is 4.95. The summed E-state index contributed by atoms with van der Waals surface area (Å²) in [5.41, 5.74) is 1.23. The molecule has 96 valence electrons. The summed E-state index contributed by atoms with van der Waals surface area (Å²) in [6.07, 6.45) is 0. The van der Waals surface area contributed by atoms with Gasteiger partial charge >= 0.3 is 0 Å². The summed E-state index contributed by atoms with van der Waals surface area (Å²) in [6, 6.07) is 5.95. The van der Waals surface area contributed by atoms with Gasteiger partial charge in [0, 0.05) is 13.2 Å². The highest BCUT2D eigenvalue weighted by molar-refractivity contribution is 5.44. The lowest BCUT2D eigenvalue weighted by Crippen LogP contribution is -2.15. The second kappa shape index (κ2) is 5.92. The molecule has 0 spiro atoms. The van der Waals surface area contributed by atoms with Gasteiger partial charge in [-0.15, -0.1) is 0 Å². The van der Waals surface area contributed by atoms with Gasteiger partial charge in [0.15, 0.2) is 0 Å². The van der Waals surface area contributed by atoms with Gasteiger partial charge < -0.3 is 14.2 Å². The Morgan fingerprint density at radius 2 is 1.76 bits per heavy atom. The molecule has 0 bridgehead atoms. The van der Waals surface area contributed by atoms with Gasteiger partial charge in [0.25, 0.3) is 0 Å². The van der Waals surface area contributed by atoms with E-state index in [0.29, 0.717) is 13.2 Å². The summed E-state index contributed by atoms with van der Waals surface area (Å²) >= 11 is 0. The Labute approximate surface area is 104 Å². The van der Waals surface area contributed by atoms with Crippen LogP contribution in [0.1, 0.15) is 26.3 Å². The summed E-state index contributed by atoms with van der Waals surface area (Å²) in [4.78, 5) is 0. The lowest BCUT2D eigenvalue weighted by molar-refractivity contribution is 0.145. The van der Waals surface area contributed by atoms with Crippen LogP contribution in [0, 0.1) is 0 Å². The van der Waals surface area contributed by atoms with Crippen molar-refractivity contribution < 1.29 is 14.2 Å². The van der Waals surface area contributed by atoms with Crippen LogP contribution in [0.15, 0.2) is 18.2 Å². The van der Waals surface area contributed by atoms with Crippen LogP contribution >= 0.6 is 0 Å². The van der Waals surface area contributed by atoms with Gasteiger partial charge in [-0.25, -0.2) is 0 Å². The third kappa shape index (κ3) is 3.93. The van der Waals surface area contributed by atoms with E-state index in [4.69, 9.17) is 14.2 Å². The SMILES string of the molecule is COCCOc1cc(OC)ccc1C(C)(C)C. The number of ether oxygens (including phenoxy) is 3. The molecule has 0 heterocycles. The zero-order valence-electron chi connectivity index (χ0n) is 11.4. The minimum Gasteiger partial charge on any atom is -0.497 e. The highest BCUT2D eigenvalue weighted by Gasteiger charge is 2.19. The minimum atomic E-state index is 0.0503. The van der Waals surface area contributed by atoms with E-state index in [1.807, 2.05) is 12.1 Å². The van der Waals surface area contributed by atoms with Gasteiger partial charge in [-0.05, 0) is 17.0 Å². The van der Waals surface area contributed by atoms with Crippen LogP contribution in [0.4, 0.5) is 0 Å². The van der Waals surface area contributed by atoms with E-state index in [-0.39, 0.29) is 5.41 Å². The Morgan fingerprint density at radius 3 is 2.29 bits per heavy atom. The lowest BCUT2D eigenvalue weighted by Gasteiger charge is -2.23. The molecule has 17 heavy (non-hydrogen) atoms. The van der Waals surface area contributed by atoms with Crippen LogP contribution in [0.3, 0.4) is 0 Å². The van der Waals surface area contributed by atoms with Crippen molar-refractivity contribution >= 4 is 0 Å². The van der Waals surface area contributed by atoms with Crippen LogP contribution in [0.5, 0.6) is 11.5 Å². The van der Waals surface area contributed by atoms with Crippen LogP contribution in [-0.4, -0.2) is 27.4 Å². The molecule has 3 nitrogen and oxygen atoms in total. The fraction of sp³-hybridized carbons (Fsp3) is 0.571. The molecular weight excluding hydrogens is 216 g/mol. The van der Waals surface area contributed by atoms with Gasteiger partial charge in [-0.2, -0.15) is 0 Å². The number of benzene rings is 1. The molecule has 1 rings (SSSR count). The molecule has 1 aromatic rings. The first kappa shape index (κ1) is 13.8. The first-order valence-electron chi connectivity index (χ1n) is 5.79. The number of hydrogen-bond donors (Lipinski definition) is 0. The highest BCUT2D eigenvalue weighted by atomic mass is 16.5. The molecule has 0 aliphatic rings. The van der Waals surface area contributed by atoms with Crippen LogP contribution in [-0.2, 0) is 10.2 Å². The molecule has 0 radical (unpaired) electrons. The standard InChI is InChI=1S/C14H22O3/c1-14(2,3)12-7-6-11(16-5)10-13(12)17-9-8-15-4/h6-7,10H,8-9H2,1-5H3. The maximum atomic E-state index is 5.74. The Balaban J connectivity index is 2.95. The van der Waals surface area contributed by atoms with Gasteiger partial charge in [0.2, 0.25) is 0 Å². The molecule has 3 heteroatoms. The van der Waals surface area contributed by atoms with E-state index in [1.165, 1.54) is 5.56 Å². The molecule has 0 N–H and O–H groups in total. The van der Waals surface area contributed by atoms with Crippen molar-refractivity contribution in [2.45, 2.75) is 26.2 Å². The molecule has 0 saturated carbocycles. The molecule has 0 atom stereocenters. The van der Waals surface area contributed by atoms with Gasteiger partial charge in [-0.3, -0.25) is 0 Å². The molecule has 1 aromatic carbocycles. The van der Waals surface area contributed by atoms with Gasteiger partial charge in [-0.1, -0.05) is 26.8 Å². The van der Waals surface area contributed by atoms with Crippen LogP contribution in [0.2, 0.25) is 0 Å². The van der Waals surface area contributed by atoms with Crippen molar-refractivity contribution in [1.82, 2.24) is 0 Å². The molecule has 0 fully saturated rings. The predicted octanol–water partition coefficient (Wildman–Crippen LogP) is 3.02. The zero-order valence-corrected chi connectivity index (χ0v) is 11.4. The largest absolute Gasteiger partial charge is 0.497 e. The first-order chi connectivity index (χ1) is 7.99. The van der Waals surface area contributed by atoms with Crippen molar-refractivity contribution in [3.63, 3.8) is 0 Å². The van der Waals surface area contributed by atoms with Crippen molar-refractivity contribution in [2.24, 2.45) is 0 Å². The summed E-state index contributed by atoms with van der Waals surface area (Å²) in [6.45, 7) is 7.63. The normalized spacial score (nSPS) is 11.4. The molecule has 0 saturated heterocycles. The van der Waals surface area contributed by atoms with Crippen molar-refractivity contribution in [2.75, 3.05) is 27.4 Å². The molecule has 0 amide bonds. The third-order valence-corrected chi connectivity index (χ3v) is 2.54. The highest BCUT2D eigenvalue weighted by Crippen LogP contribution is 2.34. The fourth-order valence-electron chi connectivity index (χ4n) is 1.60. The smallest absolute Gasteiger partial charge is 0.126 e. The van der Waals surface area contributed by atoms with Crippen molar-refractivity contribution in [3.8, 4) is 11.5 Å². The second-order valence-corrected chi connectivity index (χ2v) is 4.95. The Kier molecular flexibility index (Phi) is 4.82. The monoisotopic (exact) mass is 238 g/mol. The maximum absolute atomic E-state index is 5.74. The van der Waals surface area contributed by atoms with E-state index in [0.717, 1.165) is 11.5 Å². The predicted molar refractivity (Wildman–Crippen MR) is 69.1 cm³/mol. The Hall–Kier alpha value is -1.22. The Bertz CT molecular complexity index is 353. The number of rotatable bonds is 5. The van der Waals surface area contributed by atoms with Crippen molar-refractivity contribution in [1.29, 1.82) is 0 Å². The average molecular weight is 238 g/mol. The van der Waals surface area contributed by atoms with Crippen LogP contribution in [0.25, 0.3) is 0 Å². The fourth-order valence-corrected chi connectivity index (χ4v) is 1.60. The van der Waals surface area contributed by atoms with E-state index >= 15 is 0 Å². The molecule has 0 aliphatic carbocycles. The average Bonchev–Trinajstić information content (AvgIpc) is 2.28. The van der Waals surface area contributed by atoms with E-state index < -0.39 is 0 Å².